The summed E-state index contributed by atoms with van der Waals surface area (Å²) in [6, 6.07) is 10.3. The molecular formula is C14H16N4. The first-order chi connectivity index (χ1) is 8.74. The van der Waals surface area contributed by atoms with Crippen molar-refractivity contribution in [2.24, 2.45) is 12.8 Å². The molecule has 0 aliphatic rings. The molecule has 18 heavy (non-hydrogen) atoms. The lowest BCUT2D eigenvalue weighted by molar-refractivity contribution is 0.648. The van der Waals surface area contributed by atoms with Crippen molar-refractivity contribution in [2.75, 3.05) is 0 Å². The van der Waals surface area contributed by atoms with Crippen molar-refractivity contribution in [3.8, 4) is 0 Å². The van der Waals surface area contributed by atoms with Crippen LogP contribution in [0.15, 0.2) is 42.7 Å². The number of nitrogens with two attached hydrogens (primary N) is 1. The topological polar surface area (TPSA) is 59.6 Å². The molecule has 0 amide bonds. The van der Waals surface area contributed by atoms with E-state index in [0.717, 1.165) is 23.5 Å². The molecule has 3 aromatic rings. The summed E-state index contributed by atoms with van der Waals surface area (Å²) in [5.74, 6) is 1.00. The van der Waals surface area contributed by atoms with Crippen LogP contribution in [0.3, 0.4) is 0 Å². The molecule has 4 nitrogen and oxygen atoms in total. The molecule has 2 aromatic heterocycles. The third-order valence-corrected chi connectivity index (χ3v) is 3.27. The van der Waals surface area contributed by atoms with E-state index in [-0.39, 0.29) is 6.04 Å². The van der Waals surface area contributed by atoms with Crippen molar-refractivity contribution in [3.63, 3.8) is 0 Å². The fraction of sp³-hybridized carbons (Fsp3) is 0.214. The van der Waals surface area contributed by atoms with Crippen molar-refractivity contribution in [1.82, 2.24) is 14.5 Å². The fourth-order valence-corrected chi connectivity index (χ4v) is 2.20. The van der Waals surface area contributed by atoms with Gasteiger partial charge in [0.15, 0.2) is 0 Å². The number of hydrogen-bond donors (Lipinski definition) is 2. The van der Waals surface area contributed by atoms with Gasteiger partial charge in [0, 0.05) is 37.1 Å². The third-order valence-electron chi connectivity index (χ3n) is 3.27. The van der Waals surface area contributed by atoms with Crippen LogP contribution in [0.2, 0.25) is 0 Å². The van der Waals surface area contributed by atoms with Gasteiger partial charge < -0.3 is 15.3 Å². The van der Waals surface area contributed by atoms with Gasteiger partial charge in [0.05, 0.1) is 6.04 Å². The molecule has 0 radical (unpaired) electrons. The molecule has 2 heterocycles. The zero-order chi connectivity index (χ0) is 12.5. The van der Waals surface area contributed by atoms with Gasteiger partial charge in [0.25, 0.3) is 0 Å². The summed E-state index contributed by atoms with van der Waals surface area (Å²) in [6.45, 7) is 0. The van der Waals surface area contributed by atoms with Gasteiger partial charge >= 0.3 is 0 Å². The Morgan fingerprint density at radius 3 is 2.94 bits per heavy atom. The second-order valence-electron chi connectivity index (χ2n) is 4.58. The zero-order valence-electron chi connectivity index (χ0n) is 10.3. The Kier molecular flexibility index (Phi) is 2.64. The first-order valence-electron chi connectivity index (χ1n) is 6.03. The second-order valence-corrected chi connectivity index (χ2v) is 4.58. The molecule has 0 spiro atoms. The molecule has 0 aliphatic carbocycles. The predicted octanol–water partition coefficient (Wildman–Crippen LogP) is 2.14. The summed E-state index contributed by atoms with van der Waals surface area (Å²) in [4.78, 5) is 7.67. The van der Waals surface area contributed by atoms with Gasteiger partial charge in [-0.05, 0) is 17.5 Å². The van der Waals surface area contributed by atoms with Gasteiger partial charge in [-0.3, -0.25) is 0 Å². The highest BCUT2D eigenvalue weighted by Gasteiger charge is 2.12. The van der Waals surface area contributed by atoms with Gasteiger partial charge in [-0.25, -0.2) is 4.98 Å². The molecule has 1 atom stereocenters. The van der Waals surface area contributed by atoms with Crippen LogP contribution in [0, 0.1) is 0 Å². The first-order valence-corrected chi connectivity index (χ1v) is 6.03. The first kappa shape index (κ1) is 11.0. The lowest BCUT2D eigenvalue weighted by Crippen LogP contribution is -2.16. The lowest BCUT2D eigenvalue weighted by Gasteiger charge is -2.09. The second kappa shape index (κ2) is 4.31. The van der Waals surface area contributed by atoms with E-state index >= 15 is 0 Å². The standard InChI is InChI=1S/C14H16N4/c1-18-7-6-16-14(18)9-11(15)13-8-10-4-2-3-5-12(10)17-13/h2-8,11,17H,9,15H2,1H3. The van der Waals surface area contributed by atoms with Crippen LogP contribution in [-0.2, 0) is 13.5 Å². The van der Waals surface area contributed by atoms with Crippen molar-refractivity contribution < 1.29 is 0 Å². The number of nitrogens with one attached hydrogen (secondary N) is 1. The van der Waals surface area contributed by atoms with E-state index in [1.165, 1.54) is 5.39 Å². The normalized spacial score (nSPS) is 13.0. The summed E-state index contributed by atoms with van der Waals surface area (Å²) >= 11 is 0. The van der Waals surface area contributed by atoms with E-state index in [9.17, 15) is 0 Å². The number of aryl methyl sites for hydroxylation is 1. The van der Waals surface area contributed by atoms with E-state index in [1.54, 1.807) is 6.20 Å². The number of para-hydroxylation sites is 1. The maximum absolute atomic E-state index is 6.23. The molecule has 0 bridgehead atoms. The molecular weight excluding hydrogens is 224 g/mol. The number of H-pyrrole nitrogens is 1. The minimum Gasteiger partial charge on any atom is -0.357 e. The summed E-state index contributed by atoms with van der Waals surface area (Å²) in [6.07, 6.45) is 4.47. The van der Waals surface area contributed by atoms with E-state index in [2.05, 4.69) is 28.2 Å². The van der Waals surface area contributed by atoms with Gasteiger partial charge in [-0.15, -0.1) is 0 Å². The molecule has 4 heteroatoms. The van der Waals surface area contributed by atoms with E-state index < -0.39 is 0 Å². The Hall–Kier alpha value is -2.07. The van der Waals surface area contributed by atoms with E-state index in [1.807, 2.05) is 29.9 Å². The molecule has 3 N–H and O–H groups in total. The quantitative estimate of drug-likeness (QED) is 0.737. The summed E-state index contributed by atoms with van der Waals surface area (Å²) in [5, 5.41) is 1.20. The number of fused-ring (bicyclic) bond motifs is 1. The van der Waals surface area contributed by atoms with Crippen LogP contribution < -0.4 is 5.73 Å². The SMILES string of the molecule is Cn1ccnc1CC(N)c1cc2ccccc2[nH]1. The van der Waals surface area contributed by atoms with Crippen LogP contribution in [-0.4, -0.2) is 14.5 Å². The summed E-state index contributed by atoms with van der Waals surface area (Å²) in [5.41, 5.74) is 8.42. The largest absolute Gasteiger partial charge is 0.357 e. The van der Waals surface area contributed by atoms with Crippen LogP contribution in [0.4, 0.5) is 0 Å². The highest BCUT2D eigenvalue weighted by atomic mass is 15.0. The number of aromatic nitrogens is 3. The molecule has 0 fully saturated rings. The zero-order valence-corrected chi connectivity index (χ0v) is 10.3. The Morgan fingerprint density at radius 1 is 1.39 bits per heavy atom. The third kappa shape index (κ3) is 1.91. The van der Waals surface area contributed by atoms with Crippen LogP contribution in [0.25, 0.3) is 10.9 Å². The number of nitrogens with zero attached hydrogens (tertiary/aromatic N) is 2. The lowest BCUT2D eigenvalue weighted by atomic mass is 10.1. The van der Waals surface area contributed by atoms with Crippen LogP contribution >= 0.6 is 0 Å². The molecule has 3 rings (SSSR count). The number of aromatic amines is 1. The fourth-order valence-electron chi connectivity index (χ4n) is 2.20. The minimum atomic E-state index is -0.0569. The molecule has 0 aliphatic heterocycles. The molecule has 1 aromatic carbocycles. The van der Waals surface area contributed by atoms with Crippen LogP contribution in [0.5, 0.6) is 0 Å². The average Bonchev–Trinajstić information content (AvgIpc) is 2.96. The molecule has 0 saturated carbocycles. The van der Waals surface area contributed by atoms with E-state index in [0.29, 0.717) is 0 Å². The number of benzene rings is 1. The van der Waals surface area contributed by atoms with Gasteiger partial charge in [-0.1, -0.05) is 18.2 Å². The average molecular weight is 240 g/mol. The highest BCUT2D eigenvalue weighted by Crippen LogP contribution is 2.20. The highest BCUT2D eigenvalue weighted by molar-refractivity contribution is 5.80. The van der Waals surface area contributed by atoms with Crippen molar-refractivity contribution in [1.29, 1.82) is 0 Å². The monoisotopic (exact) mass is 240 g/mol. The number of rotatable bonds is 3. The van der Waals surface area contributed by atoms with Gasteiger partial charge in [0.1, 0.15) is 5.82 Å². The number of imidazole rings is 1. The Balaban J connectivity index is 1.88. The van der Waals surface area contributed by atoms with Gasteiger partial charge in [0.2, 0.25) is 0 Å². The van der Waals surface area contributed by atoms with Crippen molar-refractivity contribution in [2.45, 2.75) is 12.5 Å². The maximum atomic E-state index is 6.23. The summed E-state index contributed by atoms with van der Waals surface area (Å²) < 4.78 is 2.00. The van der Waals surface area contributed by atoms with E-state index in [4.69, 9.17) is 5.73 Å². The smallest absolute Gasteiger partial charge is 0.110 e. The summed E-state index contributed by atoms with van der Waals surface area (Å²) in [7, 11) is 1.99. The molecule has 92 valence electrons. The Labute approximate surface area is 105 Å². The van der Waals surface area contributed by atoms with Crippen LogP contribution in [0.1, 0.15) is 17.6 Å². The predicted molar refractivity (Wildman–Crippen MR) is 72.1 cm³/mol. The van der Waals surface area contributed by atoms with Crippen molar-refractivity contribution in [3.05, 3.63) is 54.2 Å². The number of hydrogen-bond acceptors (Lipinski definition) is 2. The Bertz CT molecular complexity index is 632. The Morgan fingerprint density at radius 2 is 2.22 bits per heavy atom. The maximum Gasteiger partial charge on any atom is 0.110 e. The van der Waals surface area contributed by atoms with Crippen molar-refractivity contribution >= 4 is 10.9 Å². The minimum absolute atomic E-state index is 0.0569. The van der Waals surface area contributed by atoms with Gasteiger partial charge in [-0.2, -0.15) is 0 Å². The molecule has 1 unspecified atom stereocenters. The molecule has 0 saturated heterocycles.